The van der Waals surface area contributed by atoms with Crippen LogP contribution >= 0.6 is 0 Å². The monoisotopic (exact) mass is 369 g/mol. The van der Waals surface area contributed by atoms with Crippen molar-refractivity contribution in [2.75, 3.05) is 13.7 Å². The zero-order valence-electron chi connectivity index (χ0n) is 15.9. The lowest BCUT2D eigenvalue weighted by Gasteiger charge is -2.52. The molecule has 0 aromatic heterocycles. The summed E-state index contributed by atoms with van der Waals surface area (Å²) in [6.45, 7) is 1.52. The van der Waals surface area contributed by atoms with Gasteiger partial charge in [-0.3, -0.25) is 4.90 Å². The van der Waals surface area contributed by atoms with Crippen LogP contribution in [0.3, 0.4) is 0 Å². The number of benzene rings is 2. The largest absolute Gasteiger partial charge is 0.497 e. The third-order valence-corrected chi connectivity index (χ3v) is 6.40. The highest BCUT2D eigenvalue weighted by Crippen LogP contribution is 2.49. The Kier molecular flexibility index (Phi) is 5.20. The first-order valence-corrected chi connectivity index (χ1v) is 9.94. The van der Waals surface area contributed by atoms with E-state index in [9.17, 15) is 9.50 Å². The van der Waals surface area contributed by atoms with E-state index in [4.69, 9.17) is 4.74 Å². The summed E-state index contributed by atoms with van der Waals surface area (Å²) in [7, 11) is 1.67. The van der Waals surface area contributed by atoms with E-state index in [-0.39, 0.29) is 17.8 Å². The Hall–Kier alpha value is -1.91. The van der Waals surface area contributed by atoms with Gasteiger partial charge in [0, 0.05) is 25.0 Å². The molecule has 1 saturated heterocycles. The molecular weight excluding hydrogens is 341 g/mol. The maximum Gasteiger partial charge on any atom is 0.123 e. The molecule has 4 heteroatoms. The van der Waals surface area contributed by atoms with Crippen LogP contribution in [0, 0.1) is 11.7 Å². The fourth-order valence-electron chi connectivity index (χ4n) is 5.03. The highest BCUT2D eigenvalue weighted by atomic mass is 19.1. The van der Waals surface area contributed by atoms with Crippen molar-refractivity contribution >= 4 is 0 Å². The Bertz CT molecular complexity index is 778. The number of hydrogen-bond acceptors (Lipinski definition) is 3. The van der Waals surface area contributed by atoms with Crippen molar-refractivity contribution in [2.24, 2.45) is 5.92 Å². The van der Waals surface area contributed by atoms with E-state index in [1.807, 2.05) is 18.2 Å². The van der Waals surface area contributed by atoms with Gasteiger partial charge in [0.15, 0.2) is 0 Å². The van der Waals surface area contributed by atoms with E-state index in [1.54, 1.807) is 19.2 Å². The van der Waals surface area contributed by atoms with Crippen molar-refractivity contribution in [3.05, 3.63) is 65.5 Å². The SMILES string of the molecule is COc1ccc([C@@H]2[C@H]3CCCC[C@]3(O)CCN2Cc2cccc(F)c2)cc1. The summed E-state index contributed by atoms with van der Waals surface area (Å²) in [4.78, 5) is 2.42. The van der Waals surface area contributed by atoms with Gasteiger partial charge in [0.25, 0.3) is 0 Å². The molecule has 27 heavy (non-hydrogen) atoms. The van der Waals surface area contributed by atoms with Gasteiger partial charge in [0.2, 0.25) is 0 Å². The highest BCUT2D eigenvalue weighted by Gasteiger charge is 2.48. The number of methoxy groups -OCH3 is 1. The predicted octanol–water partition coefficient (Wildman–Crippen LogP) is 4.70. The van der Waals surface area contributed by atoms with Crippen LogP contribution in [0.2, 0.25) is 0 Å². The van der Waals surface area contributed by atoms with Crippen LogP contribution in [0.25, 0.3) is 0 Å². The third-order valence-electron chi connectivity index (χ3n) is 6.40. The Morgan fingerprint density at radius 2 is 1.96 bits per heavy atom. The van der Waals surface area contributed by atoms with Crippen molar-refractivity contribution in [2.45, 2.75) is 50.3 Å². The maximum absolute atomic E-state index is 13.7. The van der Waals surface area contributed by atoms with Crippen LogP contribution < -0.4 is 4.74 Å². The molecule has 0 spiro atoms. The lowest BCUT2D eigenvalue weighted by Crippen LogP contribution is -2.54. The molecular formula is C23H28FNO2. The quantitative estimate of drug-likeness (QED) is 0.848. The minimum absolute atomic E-state index is 0.137. The Labute approximate surface area is 160 Å². The minimum atomic E-state index is -0.582. The molecule has 144 valence electrons. The number of hydrogen-bond donors (Lipinski definition) is 1. The first-order chi connectivity index (χ1) is 13.1. The van der Waals surface area contributed by atoms with Crippen molar-refractivity contribution in [3.8, 4) is 5.75 Å². The number of halogens is 1. The molecule has 0 unspecified atom stereocenters. The van der Waals surface area contributed by atoms with Crippen molar-refractivity contribution in [1.29, 1.82) is 0 Å². The predicted molar refractivity (Wildman–Crippen MR) is 104 cm³/mol. The van der Waals surface area contributed by atoms with E-state index < -0.39 is 5.60 Å². The Balaban J connectivity index is 1.67. The van der Waals surface area contributed by atoms with Crippen LogP contribution in [0.4, 0.5) is 4.39 Å². The maximum atomic E-state index is 13.7. The molecule has 0 radical (unpaired) electrons. The van der Waals surface area contributed by atoms with Crippen LogP contribution in [0.5, 0.6) is 5.75 Å². The van der Waals surface area contributed by atoms with E-state index in [1.165, 1.54) is 11.6 Å². The van der Waals surface area contributed by atoms with Gasteiger partial charge in [-0.1, -0.05) is 37.1 Å². The van der Waals surface area contributed by atoms with E-state index in [0.717, 1.165) is 50.0 Å². The van der Waals surface area contributed by atoms with Crippen molar-refractivity contribution < 1.29 is 14.2 Å². The average molecular weight is 369 g/mol. The standard InChI is InChI=1S/C23H28FNO2/c1-27-20-10-8-18(9-11-20)22-21-7-2-3-12-23(21,26)13-14-25(22)16-17-5-4-6-19(24)15-17/h4-6,8-11,15,21-22,26H,2-3,7,12-14,16H2,1H3/t21-,22-,23+/m1/s1. The lowest BCUT2D eigenvalue weighted by molar-refractivity contribution is -0.126. The first kappa shape index (κ1) is 18.5. The second kappa shape index (κ2) is 7.61. The fraction of sp³-hybridized carbons (Fsp3) is 0.478. The summed E-state index contributed by atoms with van der Waals surface area (Å²) >= 11 is 0. The Morgan fingerprint density at radius 3 is 2.70 bits per heavy atom. The van der Waals surface area contributed by atoms with Crippen LogP contribution in [0.15, 0.2) is 48.5 Å². The number of rotatable bonds is 4. The molecule has 2 aromatic rings. The van der Waals surface area contributed by atoms with Crippen LogP contribution in [-0.2, 0) is 6.54 Å². The van der Waals surface area contributed by atoms with Gasteiger partial charge < -0.3 is 9.84 Å². The number of likely N-dealkylation sites (tertiary alicyclic amines) is 1. The van der Waals surface area contributed by atoms with E-state index in [0.29, 0.717) is 6.54 Å². The summed E-state index contributed by atoms with van der Waals surface area (Å²) in [6.07, 6.45) is 4.98. The summed E-state index contributed by atoms with van der Waals surface area (Å²) in [6, 6.07) is 15.2. The molecule has 0 amide bonds. The summed E-state index contributed by atoms with van der Waals surface area (Å²) in [5, 5.41) is 11.3. The topological polar surface area (TPSA) is 32.7 Å². The molecule has 1 aliphatic carbocycles. The number of aliphatic hydroxyl groups is 1. The fourth-order valence-corrected chi connectivity index (χ4v) is 5.03. The van der Waals surface area contributed by atoms with Crippen molar-refractivity contribution in [3.63, 3.8) is 0 Å². The molecule has 0 bridgehead atoms. The number of fused-ring (bicyclic) bond motifs is 1. The summed E-state index contributed by atoms with van der Waals surface area (Å²) in [5.74, 6) is 0.853. The summed E-state index contributed by atoms with van der Waals surface area (Å²) in [5.41, 5.74) is 1.60. The minimum Gasteiger partial charge on any atom is -0.497 e. The molecule has 3 atom stereocenters. The van der Waals surface area contributed by atoms with E-state index in [2.05, 4.69) is 17.0 Å². The highest BCUT2D eigenvalue weighted by molar-refractivity contribution is 5.31. The van der Waals surface area contributed by atoms with Gasteiger partial charge in [0.05, 0.1) is 12.7 Å². The number of nitrogens with zero attached hydrogens (tertiary/aromatic N) is 1. The zero-order chi connectivity index (χ0) is 18.9. The molecule has 2 aliphatic rings. The van der Waals surface area contributed by atoms with Gasteiger partial charge in [0.1, 0.15) is 11.6 Å². The average Bonchev–Trinajstić information content (AvgIpc) is 2.68. The summed E-state index contributed by atoms with van der Waals surface area (Å²) < 4.78 is 19.0. The van der Waals surface area contributed by atoms with Crippen LogP contribution in [-0.4, -0.2) is 29.3 Å². The molecule has 1 aliphatic heterocycles. The number of ether oxygens (including phenoxy) is 1. The van der Waals surface area contributed by atoms with Gasteiger partial charge in [-0.15, -0.1) is 0 Å². The molecule has 4 rings (SSSR count). The normalized spacial score (nSPS) is 28.6. The third kappa shape index (κ3) is 3.74. The molecule has 2 aromatic carbocycles. The van der Waals surface area contributed by atoms with Gasteiger partial charge in [-0.2, -0.15) is 0 Å². The molecule has 1 N–H and O–H groups in total. The van der Waals surface area contributed by atoms with Gasteiger partial charge in [-0.25, -0.2) is 4.39 Å². The molecule has 1 saturated carbocycles. The van der Waals surface area contributed by atoms with Crippen LogP contribution in [0.1, 0.15) is 49.3 Å². The first-order valence-electron chi connectivity index (χ1n) is 9.94. The smallest absolute Gasteiger partial charge is 0.123 e. The van der Waals surface area contributed by atoms with Crippen molar-refractivity contribution in [1.82, 2.24) is 4.90 Å². The van der Waals surface area contributed by atoms with E-state index >= 15 is 0 Å². The lowest BCUT2D eigenvalue weighted by atomic mass is 9.66. The zero-order valence-corrected chi connectivity index (χ0v) is 15.9. The molecule has 1 heterocycles. The second-order valence-corrected chi connectivity index (χ2v) is 8.02. The van der Waals surface area contributed by atoms with Gasteiger partial charge >= 0.3 is 0 Å². The number of piperidine rings is 1. The molecule has 2 fully saturated rings. The molecule has 3 nitrogen and oxygen atoms in total. The second-order valence-electron chi connectivity index (χ2n) is 8.02. The van der Waals surface area contributed by atoms with Gasteiger partial charge in [-0.05, 0) is 54.7 Å². The Morgan fingerprint density at radius 1 is 1.15 bits per heavy atom.